The minimum atomic E-state index is -0.213. The lowest BCUT2D eigenvalue weighted by Gasteiger charge is -2.39. The van der Waals surface area contributed by atoms with E-state index >= 15 is 0 Å². The average Bonchev–Trinajstić information content (AvgIpc) is 3.08. The third-order valence-corrected chi connectivity index (χ3v) is 6.01. The number of aromatic nitrogens is 3. The molecular weight excluding hydrogens is 356 g/mol. The van der Waals surface area contributed by atoms with Crippen LogP contribution in [0.25, 0.3) is 0 Å². The summed E-state index contributed by atoms with van der Waals surface area (Å²) >= 11 is 0. The van der Waals surface area contributed by atoms with Crippen LogP contribution in [0.15, 0.2) is 43.2 Å². The molecule has 2 aromatic heterocycles. The highest BCUT2D eigenvalue weighted by molar-refractivity contribution is 5.79. The SMILES string of the molecule is O=C1CN(Cc2cncnc2)CC2OC3(CCN(c4ccncc4)CC3)CN12. The van der Waals surface area contributed by atoms with Gasteiger partial charge in [-0.3, -0.25) is 14.7 Å². The van der Waals surface area contributed by atoms with Crippen molar-refractivity contribution in [2.75, 3.05) is 37.6 Å². The monoisotopic (exact) mass is 380 g/mol. The molecular formula is C20H24N6O2. The summed E-state index contributed by atoms with van der Waals surface area (Å²) in [5.74, 6) is 0.154. The molecule has 3 saturated heterocycles. The zero-order chi connectivity index (χ0) is 19.0. The quantitative estimate of drug-likeness (QED) is 0.784. The number of hydrogen-bond acceptors (Lipinski definition) is 7. The molecule has 3 aliphatic rings. The highest BCUT2D eigenvalue weighted by atomic mass is 16.5. The Labute approximate surface area is 164 Å². The Bertz CT molecular complexity index is 825. The molecule has 146 valence electrons. The summed E-state index contributed by atoms with van der Waals surface area (Å²) in [6.07, 6.45) is 10.5. The van der Waals surface area contributed by atoms with E-state index in [1.54, 1.807) is 12.4 Å². The first-order valence-corrected chi connectivity index (χ1v) is 9.79. The van der Waals surface area contributed by atoms with E-state index in [0.717, 1.165) is 38.0 Å². The maximum Gasteiger partial charge on any atom is 0.238 e. The first-order valence-electron chi connectivity index (χ1n) is 9.79. The summed E-state index contributed by atoms with van der Waals surface area (Å²) in [5, 5.41) is 0. The fraction of sp³-hybridized carbons (Fsp3) is 0.500. The summed E-state index contributed by atoms with van der Waals surface area (Å²) in [6.45, 7) is 4.41. The third-order valence-electron chi connectivity index (χ3n) is 6.01. The van der Waals surface area contributed by atoms with E-state index in [2.05, 4.69) is 24.8 Å². The summed E-state index contributed by atoms with van der Waals surface area (Å²) in [6, 6.07) is 4.09. The fourth-order valence-electron chi connectivity index (χ4n) is 4.55. The molecule has 1 unspecified atom stereocenters. The Morgan fingerprint density at radius 3 is 2.61 bits per heavy atom. The van der Waals surface area contributed by atoms with E-state index in [-0.39, 0.29) is 17.7 Å². The molecule has 0 saturated carbocycles. The van der Waals surface area contributed by atoms with Crippen LogP contribution in [0, 0.1) is 0 Å². The number of piperidine rings is 1. The van der Waals surface area contributed by atoms with E-state index < -0.39 is 0 Å². The first-order chi connectivity index (χ1) is 13.7. The number of pyridine rings is 1. The topological polar surface area (TPSA) is 74.7 Å². The number of nitrogens with zero attached hydrogens (tertiary/aromatic N) is 6. The number of rotatable bonds is 3. The second-order valence-corrected chi connectivity index (χ2v) is 7.89. The van der Waals surface area contributed by atoms with Crippen LogP contribution >= 0.6 is 0 Å². The number of anilines is 1. The molecule has 8 nitrogen and oxygen atoms in total. The summed E-state index contributed by atoms with van der Waals surface area (Å²) in [5.41, 5.74) is 2.01. The van der Waals surface area contributed by atoms with Gasteiger partial charge < -0.3 is 14.5 Å². The van der Waals surface area contributed by atoms with E-state index in [9.17, 15) is 4.79 Å². The minimum absolute atomic E-state index is 0.154. The van der Waals surface area contributed by atoms with Crippen LogP contribution in [-0.2, 0) is 16.1 Å². The zero-order valence-electron chi connectivity index (χ0n) is 15.8. The van der Waals surface area contributed by atoms with Crippen molar-refractivity contribution in [3.63, 3.8) is 0 Å². The van der Waals surface area contributed by atoms with E-state index in [1.165, 1.54) is 12.0 Å². The fourth-order valence-corrected chi connectivity index (χ4v) is 4.55. The van der Waals surface area contributed by atoms with Gasteiger partial charge in [-0.15, -0.1) is 0 Å². The number of hydrogen-bond donors (Lipinski definition) is 0. The predicted molar refractivity (Wildman–Crippen MR) is 102 cm³/mol. The molecule has 3 fully saturated rings. The van der Waals surface area contributed by atoms with Gasteiger partial charge in [-0.2, -0.15) is 0 Å². The molecule has 8 heteroatoms. The van der Waals surface area contributed by atoms with Gasteiger partial charge in [-0.1, -0.05) is 0 Å². The van der Waals surface area contributed by atoms with Gasteiger partial charge in [0, 0.05) is 62.2 Å². The van der Waals surface area contributed by atoms with E-state index in [1.807, 2.05) is 29.4 Å². The Morgan fingerprint density at radius 1 is 1.11 bits per heavy atom. The van der Waals surface area contributed by atoms with Crippen molar-refractivity contribution in [3.8, 4) is 0 Å². The Hall–Kier alpha value is -2.58. The molecule has 1 atom stereocenters. The van der Waals surface area contributed by atoms with Gasteiger partial charge in [0.15, 0.2) is 0 Å². The lowest BCUT2D eigenvalue weighted by molar-refractivity contribution is -0.149. The number of ether oxygens (including phenoxy) is 1. The predicted octanol–water partition coefficient (Wildman–Crippen LogP) is 0.911. The molecule has 3 aliphatic heterocycles. The van der Waals surface area contributed by atoms with Gasteiger partial charge in [-0.25, -0.2) is 9.97 Å². The lowest BCUT2D eigenvalue weighted by Crippen LogP contribution is -2.53. The lowest BCUT2D eigenvalue weighted by atomic mass is 9.91. The van der Waals surface area contributed by atoms with Crippen LogP contribution in [0.4, 0.5) is 5.69 Å². The molecule has 5 rings (SSSR count). The van der Waals surface area contributed by atoms with Crippen molar-refractivity contribution in [1.82, 2.24) is 24.8 Å². The van der Waals surface area contributed by atoms with Crippen molar-refractivity contribution in [1.29, 1.82) is 0 Å². The molecule has 0 aliphatic carbocycles. The van der Waals surface area contributed by atoms with Gasteiger partial charge in [0.2, 0.25) is 5.91 Å². The minimum Gasteiger partial charge on any atom is -0.371 e. The van der Waals surface area contributed by atoms with Gasteiger partial charge in [0.1, 0.15) is 12.6 Å². The Kier molecular flexibility index (Phi) is 4.44. The molecule has 1 amide bonds. The van der Waals surface area contributed by atoms with E-state index in [4.69, 9.17) is 4.74 Å². The Balaban J connectivity index is 1.23. The molecule has 28 heavy (non-hydrogen) atoms. The van der Waals surface area contributed by atoms with Crippen molar-refractivity contribution >= 4 is 11.6 Å². The van der Waals surface area contributed by atoms with Crippen LogP contribution < -0.4 is 4.90 Å². The molecule has 1 spiro atoms. The van der Waals surface area contributed by atoms with Gasteiger partial charge >= 0.3 is 0 Å². The molecule has 5 heterocycles. The van der Waals surface area contributed by atoms with Crippen molar-refractivity contribution in [3.05, 3.63) is 48.8 Å². The number of amides is 1. The summed E-state index contributed by atoms with van der Waals surface area (Å²) < 4.78 is 6.51. The zero-order valence-corrected chi connectivity index (χ0v) is 15.8. The smallest absolute Gasteiger partial charge is 0.238 e. The van der Waals surface area contributed by atoms with Crippen LogP contribution in [0.1, 0.15) is 18.4 Å². The first kappa shape index (κ1) is 17.5. The van der Waals surface area contributed by atoms with Crippen molar-refractivity contribution in [2.24, 2.45) is 0 Å². The van der Waals surface area contributed by atoms with Crippen LogP contribution in [0.3, 0.4) is 0 Å². The van der Waals surface area contributed by atoms with Crippen LogP contribution in [-0.4, -0.2) is 75.2 Å². The van der Waals surface area contributed by atoms with Crippen molar-refractivity contribution < 1.29 is 9.53 Å². The maximum absolute atomic E-state index is 12.7. The normalized spacial score (nSPS) is 24.6. The second kappa shape index (κ2) is 7.10. The Morgan fingerprint density at radius 2 is 1.86 bits per heavy atom. The number of carbonyl (C=O) groups is 1. The average molecular weight is 380 g/mol. The molecule has 0 aromatic carbocycles. The number of piperazine rings is 1. The molecule has 0 radical (unpaired) electrons. The summed E-state index contributed by atoms with van der Waals surface area (Å²) in [7, 11) is 0. The standard InChI is InChI=1S/C20H24N6O2/c27-18-12-24(11-16-9-22-15-23-10-16)13-19-26(18)14-20(28-19)3-7-25(8-4-20)17-1-5-21-6-2-17/h1-2,5-6,9-10,15,19H,3-4,7-8,11-14H2. The largest absolute Gasteiger partial charge is 0.371 e. The highest BCUT2D eigenvalue weighted by Gasteiger charge is 2.50. The molecule has 0 bridgehead atoms. The third kappa shape index (κ3) is 3.33. The summed E-state index contributed by atoms with van der Waals surface area (Å²) in [4.78, 5) is 31.4. The van der Waals surface area contributed by atoms with Gasteiger partial charge in [-0.05, 0) is 25.0 Å². The molecule has 2 aromatic rings. The van der Waals surface area contributed by atoms with Gasteiger partial charge in [0.05, 0.1) is 18.7 Å². The van der Waals surface area contributed by atoms with Crippen LogP contribution in [0.2, 0.25) is 0 Å². The second-order valence-electron chi connectivity index (χ2n) is 7.89. The highest BCUT2D eigenvalue weighted by Crippen LogP contribution is 2.38. The van der Waals surface area contributed by atoms with Crippen LogP contribution in [0.5, 0.6) is 0 Å². The van der Waals surface area contributed by atoms with Crippen molar-refractivity contribution in [2.45, 2.75) is 31.2 Å². The number of carbonyl (C=O) groups excluding carboxylic acids is 1. The maximum atomic E-state index is 12.7. The molecule has 0 N–H and O–H groups in total. The number of fused-ring (bicyclic) bond motifs is 1. The van der Waals surface area contributed by atoms with Gasteiger partial charge in [0.25, 0.3) is 0 Å². The van der Waals surface area contributed by atoms with E-state index in [0.29, 0.717) is 19.6 Å².